The minimum Gasteiger partial charge on any atom is -0.496 e. The van der Waals surface area contributed by atoms with Gasteiger partial charge in [0.05, 0.1) is 19.1 Å². The topological polar surface area (TPSA) is 81.7 Å². The third kappa shape index (κ3) is 4.37. The zero-order valence-corrected chi connectivity index (χ0v) is 15.4. The van der Waals surface area contributed by atoms with Crippen molar-refractivity contribution >= 4 is 16.0 Å². The number of benzene rings is 2. The average molecular weight is 363 g/mol. The number of sulfonamides is 1. The minimum absolute atomic E-state index is 0.0453. The summed E-state index contributed by atoms with van der Waals surface area (Å²) in [5, 5.41) is 0. The minimum atomic E-state index is -3.66. The van der Waals surface area contributed by atoms with Gasteiger partial charge < -0.3 is 9.47 Å². The van der Waals surface area contributed by atoms with Crippen LogP contribution in [0.4, 0.5) is 0 Å². The van der Waals surface area contributed by atoms with Crippen LogP contribution in [0.3, 0.4) is 0 Å². The van der Waals surface area contributed by atoms with Gasteiger partial charge in [0.25, 0.3) is 0 Å². The second-order valence-electron chi connectivity index (χ2n) is 5.62. The van der Waals surface area contributed by atoms with E-state index >= 15 is 0 Å². The van der Waals surface area contributed by atoms with Gasteiger partial charge in [0, 0.05) is 6.54 Å². The molecule has 0 aliphatic rings. The molecule has 0 amide bonds. The van der Waals surface area contributed by atoms with Gasteiger partial charge in [-0.15, -0.1) is 0 Å². The van der Waals surface area contributed by atoms with Gasteiger partial charge in [-0.25, -0.2) is 17.9 Å². The lowest BCUT2D eigenvalue weighted by Crippen LogP contribution is -2.24. The summed E-state index contributed by atoms with van der Waals surface area (Å²) in [5.74, 6) is -0.177. The lowest BCUT2D eigenvalue weighted by atomic mass is 10.1. The molecule has 0 saturated carbocycles. The first-order valence-corrected chi connectivity index (χ1v) is 9.09. The summed E-state index contributed by atoms with van der Waals surface area (Å²) in [6.07, 6.45) is 0. The van der Waals surface area contributed by atoms with E-state index < -0.39 is 16.0 Å². The number of methoxy groups -OCH3 is 2. The lowest BCUT2D eigenvalue weighted by Gasteiger charge is -2.12. The fourth-order valence-electron chi connectivity index (χ4n) is 2.49. The molecule has 25 heavy (non-hydrogen) atoms. The van der Waals surface area contributed by atoms with Crippen molar-refractivity contribution < 1.29 is 22.7 Å². The largest absolute Gasteiger partial charge is 0.496 e. The van der Waals surface area contributed by atoms with Crippen molar-refractivity contribution in [3.05, 3.63) is 58.7 Å². The fraction of sp³-hybridized carbons (Fsp3) is 0.278. The Kier molecular flexibility index (Phi) is 5.81. The molecule has 134 valence electrons. The molecule has 0 saturated heterocycles. The van der Waals surface area contributed by atoms with Crippen molar-refractivity contribution in [3.63, 3.8) is 0 Å². The molecule has 6 nitrogen and oxygen atoms in total. The van der Waals surface area contributed by atoms with Gasteiger partial charge in [0.1, 0.15) is 11.3 Å². The van der Waals surface area contributed by atoms with Crippen molar-refractivity contribution in [3.8, 4) is 5.75 Å². The Hall–Kier alpha value is -2.38. The highest BCUT2D eigenvalue weighted by molar-refractivity contribution is 7.89. The summed E-state index contributed by atoms with van der Waals surface area (Å²) in [5.41, 5.74) is 2.54. The molecule has 2 aromatic rings. The highest BCUT2D eigenvalue weighted by Gasteiger charge is 2.18. The molecule has 1 N–H and O–H groups in total. The summed E-state index contributed by atoms with van der Waals surface area (Å²) in [6, 6.07) is 10.0. The maximum atomic E-state index is 12.5. The van der Waals surface area contributed by atoms with Crippen LogP contribution in [0, 0.1) is 13.8 Å². The zero-order chi connectivity index (χ0) is 18.6. The molecule has 0 unspecified atom stereocenters. The molecule has 7 heteroatoms. The number of rotatable bonds is 6. The van der Waals surface area contributed by atoms with Crippen LogP contribution in [0.25, 0.3) is 0 Å². The Bertz CT molecular complexity index is 890. The molecule has 0 heterocycles. The van der Waals surface area contributed by atoms with E-state index in [4.69, 9.17) is 9.47 Å². The van der Waals surface area contributed by atoms with E-state index in [0.717, 1.165) is 5.56 Å². The molecule has 0 fully saturated rings. The second-order valence-corrected chi connectivity index (χ2v) is 7.36. The summed E-state index contributed by atoms with van der Waals surface area (Å²) in [4.78, 5) is 12.0. The van der Waals surface area contributed by atoms with E-state index in [1.54, 1.807) is 37.3 Å². The standard InChI is InChI=1S/C18H21NO5S/c1-12-5-8-17(13(2)9-12)25(21,22)19-11-14-6-7-16(23-3)15(10-14)18(20)24-4/h5-10,19H,11H2,1-4H3. The van der Waals surface area contributed by atoms with Gasteiger partial charge in [0.15, 0.2) is 0 Å². The molecule has 0 bridgehead atoms. The Morgan fingerprint density at radius 2 is 1.80 bits per heavy atom. The number of nitrogens with one attached hydrogen (secondary N) is 1. The van der Waals surface area contributed by atoms with Gasteiger partial charge in [-0.05, 0) is 43.2 Å². The molecule has 0 atom stereocenters. The van der Waals surface area contributed by atoms with Crippen molar-refractivity contribution in [1.29, 1.82) is 0 Å². The molecule has 0 aliphatic heterocycles. The molecular weight excluding hydrogens is 342 g/mol. The molecule has 0 aromatic heterocycles. The predicted octanol–water partition coefficient (Wildman–Crippen LogP) is 2.58. The van der Waals surface area contributed by atoms with E-state index in [0.29, 0.717) is 16.9 Å². The van der Waals surface area contributed by atoms with Crippen molar-refractivity contribution in [2.24, 2.45) is 0 Å². The third-order valence-corrected chi connectivity index (χ3v) is 5.32. The van der Waals surface area contributed by atoms with Crippen molar-refractivity contribution in [2.75, 3.05) is 14.2 Å². The lowest BCUT2D eigenvalue weighted by molar-refractivity contribution is 0.0597. The maximum Gasteiger partial charge on any atom is 0.341 e. The van der Waals surface area contributed by atoms with Crippen molar-refractivity contribution in [1.82, 2.24) is 4.72 Å². The molecular formula is C18H21NO5S. The van der Waals surface area contributed by atoms with Gasteiger partial charge >= 0.3 is 5.97 Å². The summed E-state index contributed by atoms with van der Waals surface area (Å²) >= 11 is 0. The smallest absolute Gasteiger partial charge is 0.341 e. The average Bonchev–Trinajstić information content (AvgIpc) is 2.58. The summed E-state index contributed by atoms with van der Waals surface area (Å²) in [6.45, 7) is 3.70. The first-order chi connectivity index (χ1) is 11.8. The summed E-state index contributed by atoms with van der Waals surface area (Å²) in [7, 11) is -0.934. The zero-order valence-electron chi connectivity index (χ0n) is 14.6. The van der Waals surface area contributed by atoms with Gasteiger partial charge in [-0.1, -0.05) is 23.8 Å². The fourth-order valence-corrected chi connectivity index (χ4v) is 3.73. The van der Waals surface area contributed by atoms with Crippen LogP contribution in [0.2, 0.25) is 0 Å². The number of carbonyl (C=O) groups is 1. The Balaban J connectivity index is 2.24. The van der Waals surface area contributed by atoms with Crippen LogP contribution in [0.5, 0.6) is 5.75 Å². The van der Waals surface area contributed by atoms with Crippen LogP contribution in [0.1, 0.15) is 27.0 Å². The van der Waals surface area contributed by atoms with Gasteiger partial charge in [-0.3, -0.25) is 0 Å². The van der Waals surface area contributed by atoms with Crippen LogP contribution in [-0.4, -0.2) is 28.6 Å². The maximum absolute atomic E-state index is 12.5. The van der Waals surface area contributed by atoms with E-state index in [2.05, 4.69) is 4.72 Å². The highest BCUT2D eigenvalue weighted by Crippen LogP contribution is 2.22. The Labute approximate surface area is 147 Å². The van der Waals surface area contributed by atoms with E-state index in [9.17, 15) is 13.2 Å². The number of ether oxygens (including phenoxy) is 2. The number of hydrogen-bond donors (Lipinski definition) is 1. The van der Waals surface area contributed by atoms with Crippen LogP contribution < -0.4 is 9.46 Å². The van der Waals surface area contributed by atoms with Gasteiger partial charge in [0.2, 0.25) is 10.0 Å². The van der Waals surface area contributed by atoms with E-state index in [-0.39, 0.29) is 17.0 Å². The Morgan fingerprint density at radius 3 is 2.40 bits per heavy atom. The summed E-state index contributed by atoms with van der Waals surface area (Å²) < 4.78 is 37.4. The van der Waals surface area contributed by atoms with Crippen LogP contribution in [0.15, 0.2) is 41.3 Å². The number of hydrogen-bond acceptors (Lipinski definition) is 5. The Morgan fingerprint density at radius 1 is 1.08 bits per heavy atom. The molecule has 0 aliphatic carbocycles. The predicted molar refractivity (Wildman–Crippen MR) is 94.3 cm³/mol. The van der Waals surface area contributed by atoms with Gasteiger partial charge in [-0.2, -0.15) is 0 Å². The third-order valence-electron chi connectivity index (χ3n) is 3.76. The van der Waals surface area contributed by atoms with Crippen molar-refractivity contribution in [2.45, 2.75) is 25.3 Å². The number of carbonyl (C=O) groups excluding carboxylic acids is 1. The first kappa shape index (κ1) is 19.0. The molecule has 0 radical (unpaired) electrons. The van der Waals surface area contributed by atoms with E-state index in [1.165, 1.54) is 14.2 Å². The normalized spacial score (nSPS) is 11.2. The number of esters is 1. The van der Waals surface area contributed by atoms with Crippen LogP contribution in [-0.2, 0) is 21.3 Å². The molecule has 0 spiro atoms. The number of aryl methyl sites for hydroxylation is 2. The van der Waals surface area contributed by atoms with E-state index in [1.807, 2.05) is 13.0 Å². The molecule has 2 rings (SSSR count). The second kappa shape index (κ2) is 7.67. The quantitative estimate of drug-likeness (QED) is 0.798. The SMILES string of the molecule is COC(=O)c1cc(CNS(=O)(=O)c2ccc(C)cc2C)ccc1OC. The first-order valence-electron chi connectivity index (χ1n) is 7.60. The molecule has 2 aromatic carbocycles. The highest BCUT2D eigenvalue weighted by atomic mass is 32.2. The monoisotopic (exact) mass is 363 g/mol. The van der Waals surface area contributed by atoms with Crippen LogP contribution >= 0.6 is 0 Å².